The molecule has 0 aliphatic rings. The zero-order chi connectivity index (χ0) is 7.68. The van der Waals surface area contributed by atoms with Crippen LogP contribution in [0, 0.1) is 0 Å². The fourth-order valence-corrected chi connectivity index (χ4v) is 1.40. The third kappa shape index (κ3) is 1.64. The molecule has 0 aliphatic carbocycles. The Hall–Kier alpha value is -0.480. The summed E-state index contributed by atoms with van der Waals surface area (Å²) in [5.41, 5.74) is 0.967. The minimum atomic E-state index is 0. The number of para-hydroxylation sites is 1. The van der Waals surface area contributed by atoms with E-state index < -0.39 is 0 Å². The van der Waals surface area contributed by atoms with E-state index in [9.17, 15) is 0 Å². The monoisotopic (exact) mass is 288 g/mol. The van der Waals surface area contributed by atoms with Crippen molar-refractivity contribution >= 4 is 43.8 Å². The number of fused-ring (bicyclic) bond motifs is 1. The Morgan fingerprint density at radius 3 is 2.58 bits per heavy atom. The first kappa shape index (κ1) is 9.61. The van der Waals surface area contributed by atoms with Crippen molar-refractivity contribution in [2.45, 2.75) is 0 Å². The van der Waals surface area contributed by atoms with Gasteiger partial charge in [0.2, 0.25) is 0 Å². The number of hydrogen-bond acceptors (Lipinski definition) is 2. The predicted molar refractivity (Wildman–Crippen MR) is 57.6 cm³/mol. The van der Waals surface area contributed by atoms with Crippen LogP contribution in [0.1, 0.15) is 0 Å². The summed E-state index contributed by atoms with van der Waals surface area (Å²) in [6.07, 6.45) is 1.55. The van der Waals surface area contributed by atoms with Crippen molar-refractivity contribution in [1.29, 1.82) is 0 Å². The highest BCUT2D eigenvalue weighted by atomic mass is 79.9. The van der Waals surface area contributed by atoms with Crippen LogP contribution in [-0.4, -0.2) is 9.97 Å². The Balaban J connectivity index is 0.000000720. The Labute approximate surface area is 88.9 Å². The highest BCUT2D eigenvalue weighted by Gasteiger charge is 1.96. The second-order valence-electron chi connectivity index (χ2n) is 2.18. The number of aromatic nitrogens is 2. The lowest BCUT2D eigenvalue weighted by Crippen LogP contribution is -1.81. The summed E-state index contributed by atoms with van der Waals surface area (Å²) >= 11 is 3.35. The van der Waals surface area contributed by atoms with Crippen LogP contribution in [0.4, 0.5) is 0 Å². The predicted octanol–water partition coefficient (Wildman–Crippen LogP) is 2.97. The zero-order valence-corrected chi connectivity index (χ0v) is 9.37. The van der Waals surface area contributed by atoms with Crippen LogP contribution in [-0.2, 0) is 0 Å². The van der Waals surface area contributed by atoms with E-state index in [-0.39, 0.29) is 17.0 Å². The van der Waals surface area contributed by atoms with Gasteiger partial charge >= 0.3 is 0 Å². The molecule has 0 bridgehead atoms. The second-order valence-corrected chi connectivity index (χ2v) is 2.93. The van der Waals surface area contributed by atoms with Gasteiger partial charge in [0.15, 0.2) is 0 Å². The smallest absolute Gasteiger partial charge is 0.117 e. The average Bonchev–Trinajstić information content (AvgIpc) is 2.06. The van der Waals surface area contributed by atoms with Gasteiger partial charge in [-0.1, -0.05) is 18.2 Å². The van der Waals surface area contributed by atoms with Crippen LogP contribution in [0.15, 0.2) is 35.2 Å². The molecule has 0 spiro atoms. The van der Waals surface area contributed by atoms with Crippen LogP contribution in [0.5, 0.6) is 0 Å². The van der Waals surface area contributed by atoms with E-state index in [1.807, 2.05) is 24.3 Å². The molecule has 12 heavy (non-hydrogen) atoms. The third-order valence-corrected chi connectivity index (χ3v) is 2.13. The maximum Gasteiger partial charge on any atom is 0.117 e. The lowest BCUT2D eigenvalue weighted by molar-refractivity contribution is 1.19. The van der Waals surface area contributed by atoms with Gasteiger partial charge in [-0.2, -0.15) is 0 Å². The topological polar surface area (TPSA) is 25.8 Å². The average molecular weight is 290 g/mol. The molecule has 2 aromatic rings. The zero-order valence-electron chi connectivity index (χ0n) is 6.07. The molecule has 2 nitrogen and oxygen atoms in total. The Morgan fingerprint density at radius 1 is 1.08 bits per heavy atom. The van der Waals surface area contributed by atoms with Crippen LogP contribution in [0.3, 0.4) is 0 Å². The van der Waals surface area contributed by atoms with Crippen molar-refractivity contribution in [2.24, 2.45) is 0 Å². The molecule has 0 N–H and O–H groups in total. The van der Waals surface area contributed by atoms with Gasteiger partial charge in [0, 0.05) is 5.39 Å². The van der Waals surface area contributed by atoms with Gasteiger partial charge in [0.05, 0.1) is 5.52 Å². The Kier molecular flexibility index (Phi) is 3.17. The maximum absolute atomic E-state index is 4.10. The SMILES string of the molecule is Br.Brc1ncnc2ccccc12. The highest BCUT2D eigenvalue weighted by molar-refractivity contribution is 9.10. The van der Waals surface area contributed by atoms with E-state index in [2.05, 4.69) is 25.9 Å². The van der Waals surface area contributed by atoms with Crippen molar-refractivity contribution < 1.29 is 0 Å². The molecule has 0 unspecified atom stereocenters. The van der Waals surface area contributed by atoms with Crippen LogP contribution in [0.25, 0.3) is 10.9 Å². The fraction of sp³-hybridized carbons (Fsp3) is 0. The summed E-state index contributed by atoms with van der Waals surface area (Å²) in [5.74, 6) is 0. The Bertz CT molecular complexity index is 384. The van der Waals surface area contributed by atoms with E-state index in [1.165, 1.54) is 0 Å². The molecule has 0 aliphatic heterocycles. The molecule has 62 valence electrons. The van der Waals surface area contributed by atoms with Crippen molar-refractivity contribution in [3.05, 3.63) is 35.2 Å². The van der Waals surface area contributed by atoms with E-state index in [4.69, 9.17) is 0 Å². The largest absolute Gasteiger partial charge is 0.236 e. The van der Waals surface area contributed by atoms with E-state index in [0.717, 1.165) is 15.5 Å². The minimum absolute atomic E-state index is 0. The first-order chi connectivity index (χ1) is 5.38. The van der Waals surface area contributed by atoms with Crippen molar-refractivity contribution in [3.8, 4) is 0 Å². The number of benzene rings is 1. The van der Waals surface area contributed by atoms with Gasteiger partial charge in [-0.3, -0.25) is 0 Å². The molecule has 1 aromatic heterocycles. The van der Waals surface area contributed by atoms with Gasteiger partial charge in [-0.15, -0.1) is 17.0 Å². The van der Waals surface area contributed by atoms with Gasteiger partial charge in [-0.05, 0) is 22.0 Å². The number of hydrogen-bond donors (Lipinski definition) is 0. The summed E-state index contributed by atoms with van der Waals surface area (Å²) in [4.78, 5) is 8.11. The van der Waals surface area contributed by atoms with Gasteiger partial charge in [0.25, 0.3) is 0 Å². The summed E-state index contributed by atoms with van der Waals surface area (Å²) in [6, 6.07) is 7.87. The number of halogens is 2. The van der Waals surface area contributed by atoms with E-state index in [0.29, 0.717) is 0 Å². The molecule has 0 saturated heterocycles. The fourth-order valence-electron chi connectivity index (χ4n) is 0.972. The number of nitrogens with zero attached hydrogens (tertiary/aromatic N) is 2. The lowest BCUT2D eigenvalue weighted by atomic mass is 10.2. The van der Waals surface area contributed by atoms with Gasteiger partial charge in [-0.25, -0.2) is 9.97 Å². The standard InChI is InChI=1S/C8H5BrN2.BrH/c9-8-6-3-1-2-4-7(6)10-5-11-8;/h1-5H;1H. The summed E-state index contributed by atoms with van der Waals surface area (Å²) in [7, 11) is 0. The van der Waals surface area contributed by atoms with Crippen molar-refractivity contribution in [3.63, 3.8) is 0 Å². The first-order valence-corrected chi connectivity index (χ1v) is 4.02. The molecular formula is C8H6Br2N2. The molecule has 1 aromatic carbocycles. The molecule has 0 saturated carbocycles. The van der Waals surface area contributed by atoms with Gasteiger partial charge < -0.3 is 0 Å². The maximum atomic E-state index is 4.10. The highest BCUT2D eigenvalue weighted by Crippen LogP contribution is 2.18. The molecule has 1 heterocycles. The van der Waals surface area contributed by atoms with Crippen LogP contribution >= 0.6 is 32.9 Å². The Morgan fingerprint density at radius 2 is 1.83 bits per heavy atom. The van der Waals surface area contributed by atoms with Crippen LogP contribution in [0.2, 0.25) is 0 Å². The van der Waals surface area contributed by atoms with E-state index in [1.54, 1.807) is 6.33 Å². The third-order valence-electron chi connectivity index (χ3n) is 1.49. The molecule has 2 rings (SSSR count). The van der Waals surface area contributed by atoms with Crippen molar-refractivity contribution in [2.75, 3.05) is 0 Å². The first-order valence-electron chi connectivity index (χ1n) is 3.23. The molecule has 0 atom stereocenters. The van der Waals surface area contributed by atoms with Gasteiger partial charge in [0.1, 0.15) is 10.9 Å². The lowest BCUT2D eigenvalue weighted by Gasteiger charge is -1.95. The molecule has 4 heteroatoms. The summed E-state index contributed by atoms with van der Waals surface area (Å²) < 4.78 is 0.850. The molecule has 0 fully saturated rings. The van der Waals surface area contributed by atoms with Crippen molar-refractivity contribution in [1.82, 2.24) is 9.97 Å². The minimum Gasteiger partial charge on any atom is -0.236 e. The summed E-state index contributed by atoms with van der Waals surface area (Å²) in [6.45, 7) is 0. The normalized spacial score (nSPS) is 9.42. The van der Waals surface area contributed by atoms with Crippen LogP contribution < -0.4 is 0 Å². The summed E-state index contributed by atoms with van der Waals surface area (Å²) in [5, 5.41) is 1.05. The second kappa shape index (κ2) is 3.96. The molecule has 0 radical (unpaired) electrons. The molecule has 0 amide bonds. The molecular weight excluding hydrogens is 284 g/mol. The van der Waals surface area contributed by atoms with E-state index >= 15 is 0 Å². The quantitative estimate of drug-likeness (QED) is 0.697. The number of rotatable bonds is 0.